The first-order valence-corrected chi connectivity index (χ1v) is 10.2. The molecule has 1 aromatic heterocycles. The normalized spacial score (nSPS) is 15.3. The van der Waals surface area contributed by atoms with E-state index in [4.69, 9.17) is 39.6 Å². The molecule has 0 unspecified atom stereocenters. The molecule has 0 aliphatic carbocycles. The van der Waals surface area contributed by atoms with Crippen LogP contribution in [0.4, 0.5) is 29.5 Å². The van der Waals surface area contributed by atoms with E-state index >= 15 is 0 Å². The molecule has 1 aliphatic rings. The van der Waals surface area contributed by atoms with E-state index in [9.17, 15) is 22.8 Å². The Balaban J connectivity index is 1.43. The molecular formula is C18H14Cl3F3N6O3. The lowest BCUT2D eigenvalue weighted by molar-refractivity contribution is -0.137. The highest BCUT2D eigenvalue weighted by molar-refractivity contribution is 6.42. The number of nitrogens with one attached hydrogen (secondary N) is 4. The molecule has 0 radical (unpaired) electrons. The van der Waals surface area contributed by atoms with Gasteiger partial charge < -0.3 is 15.5 Å². The van der Waals surface area contributed by atoms with Crippen molar-refractivity contribution in [2.45, 2.75) is 18.7 Å². The smallest absolute Gasteiger partial charge is 0.390 e. The minimum atomic E-state index is -4.56. The summed E-state index contributed by atoms with van der Waals surface area (Å²) in [5.74, 6) is -0.695. The van der Waals surface area contributed by atoms with Crippen LogP contribution in [0.3, 0.4) is 0 Å². The van der Waals surface area contributed by atoms with Gasteiger partial charge in [0.1, 0.15) is 11.5 Å². The number of halogens is 6. The Labute approximate surface area is 199 Å². The monoisotopic (exact) mass is 524 g/mol. The van der Waals surface area contributed by atoms with E-state index in [1.54, 1.807) is 0 Å². The SMILES string of the molecule is O=C(NNC(=O)C1=NO[C@@H](CNc2ncc(C(F)(F)F)cc2Cl)C1)Nc1ccc(Cl)c(Cl)c1. The van der Waals surface area contributed by atoms with E-state index in [2.05, 4.69) is 31.6 Å². The van der Waals surface area contributed by atoms with Crippen LogP contribution in [0.25, 0.3) is 0 Å². The van der Waals surface area contributed by atoms with Gasteiger partial charge in [0.05, 0.1) is 27.2 Å². The van der Waals surface area contributed by atoms with Crippen LogP contribution < -0.4 is 21.5 Å². The van der Waals surface area contributed by atoms with Crippen molar-refractivity contribution >= 4 is 64.0 Å². The van der Waals surface area contributed by atoms with Crippen LogP contribution in [-0.2, 0) is 15.8 Å². The van der Waals surface area contributed by atoms with Gasteiger partial charge in [-0.05, 0) is 24.3 Å². The van der Waals surface area contributed by atoms with Crippen molar-refractivity contribution in [3.8, 4) is 0 Å². The molecule has 0 saturated heterocycles. The van der Waals surface area contributed by atoms with Crippen molar-refractivity contribution in [3.05, 3.63) is 51.1 Å². The van der Waals surface area contributed by atoms with Gasteiger partial charge in [0.25, 0.3) is 5.91 Å². The zero-order chi connectivity index (χ0) is 24.2. The lowest BCUT2D eigenvalue weighted by Crippen LogP contribution is -2.46. The number of rotatable bonds is 5. The van der Waals surface area contributed by atoms with E-state index in [0.29, 0.717) is 16.9 Å². The molecule has 2 aromatic rings. The highest BCUT2D eigenvalue weighted by Gasteiger charge is 2.32. The number of carbonyl (C=O) groups excluding carboxylic acids is 2. The Morgan fingerprint density at radius 2 is 1.85 bits per heavy atom. The molecule has 176 valence electrons. The number of hydrazine groups is 1. The predicted octanol–water partition coefficient (Wildman–Crippen LogP) is 4.47. The number of amides is 3. The number of benzene rings is 1. The summed E-state index contributed by atoms with van der Waals surface area (Å²) >= 11 is 17.5. The van der Waals surface area contributed by atoms with Crippen LogP contribution in [0.1, 0.15) is 12.0 Å². The van der Waals surface area contributed by atoms with Crippen LogP contribution in [0.5, 0.6) is 0 Å². The summed E-state index contributed by atoms with van der Waals surface area (Å²) in [4.78, 5) is 32.8. The Morgan fingerprint density at radius 1 is 1.09 bits per heavy atom. The van der Waals surface area contributed by atoms with E-state index in [0.717, 1.165) is 6.07 Å². The van der Waals surface area contributed by atoms with Crippen LogP contribution in [0.2, 0.25) is 15.1 Å². The van der Waals surface area contributed by atoms with Gasteiger partial charge >= 0.3 is 12.2 Å². The van der Waals surface area contributed by atoms with Gasteiger partial charge in [0.2, 0.25) is 0 Å². The number of aromatic nitrogens is 1. The number of nitrogens with zero attached hydrogens (tertiary/aromatic N) is 2. The van der Waals surface area contributed by atoms with Crippen molar-refractivity contribution in [3.63, 3.8) is 0 Å². The quantitative estimate of drug-likeness (QED) is 0.430. The van der Waals surface area contributed by atoms with Crippen LogP contribution in [-0.4, -0.2) is 35.3 Å². The Kier molecular flexibility index (Phi) is 7.72. The molecule has 3 amide bonds. The molecule has 1 aromatic carbocycles. The first-order chi connectivity index (χ1) is 15.5. The topological polar surface area (TPSA) is 117 Å². The summed E-state index contributed by atoms with van der Waals surface area (Å²) in [6.45, 7) is 0.0591. The molecule has 15 heteroatoms. The molecule has 0 spiro atoms. The summed E-state index contributed by atoms with van der Waals surface area (Å²) in [6, 6.07) is 4.43. The lowest BCUT2D eigenvalue weighted by Gasteiger charge is -2.13. The summed E-state index contributed by atoms with van der Waals surface area (Å²) in [5.41, 5.74) is 3.66. The molecule has 2 heterocycles. The van der Waals surface area contributed by atoms with E-state index < -0.39 is 29.8 Å². The molecule has 1 atom stereocenters. The first kappa shape index (κ1) is 24.7. The standard InChI is InChI=1S/C18H14Cl3F3N6O3/c19-11-2-1-9(4-12(11)20)27-17(32)29-28-16(31)14-5-10(33-30-14)7-26-15-13(21)3-8(6-25-15)18(22,23)24/h1-4,6,10H,5,7H2,(H,25,26)(H,28,31)(H2,27,29,32)/t10-/m1/s1. The Morgan fingerprint density at radius 3 is 2.52 bits per heavy atom. The molecule has 0 saturated carbocycles. The number of hydrogen-bond acceptors (Lipinski definition) is 6. The second kappa shape index (κ2) is 10.3. The molecule has 0 fully saturated rings. The second-order valence-electron chi connectivity index (χ2n) is 6.56. The van der Waals surface area contributed by atoms with Gasteiger partial charge in [-0.15, -0.1) is 0 Å². The van der Waals surface area contributed by atoms with Crippen LogP contribution >= 0.6 is 34.8 Å². The lowest BCUT2D eigenvalue weighted by atomic mass is 10.1. The zero-order valence-electron chi connectivity index (χ0n) is 16.3. The molecule has 4 N–H and O–H groups in total. The van der Waals surface area contributed by atoms with Gasteiger partial charge in [0, 0.05) is 18.3 Å². The summed E-state index contributed by atoms with van der Waals surface area (Å²) in [7, 11) is 0. The van der Waals surface area contributed by atoms with Crippen molar-refractivity contribution < 1.29 is 27.6 Å². The third-order valence-electron chi connectivity index (χ3n) is 4.13. The maximum absolute atomic E-state index is 12.7. The van der Waals surface area contributed by atoms with E-state index in [1.165, 1.54) is 18.2 Å². The summed E-state index contributed by atoms with van der Waals surface area (Å²) < 4.78 is 38.0. The highest BCUT2D eigenvalue weighted by Crippen LogP contribution is 2.32. The fourth-order valence-corrected chi connectivity index (χ4v) is 3.06. The van der Waals surface area contributed by atoms with Crippen molar-refractivity contribution in [1.29, 1.82) is 0 Å². The zero-order valence-corrected chi connectivity index (χ0v) is 18.5. The van der Waals surface area contributed by atoms with Crippen LogP contribution in [0.15, 0.2) is 35.6 Å². The van der Waals surface area contributed by atoms with Gasteiger partial charge in [-0.25, -0.2) is 15.2 Å². The second-order valence-corrected chi connectivity index (χ2v) is 7.79. The average molecular weight is 526 g/mol. The Hall–Kier alpha value is -2.96. The maximum atomic E-state index is 12.7. The molecule has 9 nitrogen and oxygen atoms in total. The number of pyridine rings is 1. The number of anilines is 2. The highest BCUT2D eigenvalue weighted by atomic mass is 35.5. The van der Waals surface area contributed by atoms with Gasteiger partial charge in [-0.1, -0.05) is 40.0 Å². The first-order valence-electron chi connectivity index (χ1n) is 9.04. The summed E-state index contributed by atoms with van der Waals surface area (Å²) in [5, 5.41) is 9.15. The minimum Gasteiger partial charge on any atom is -0.390 e. The van der Waals surface area contributed by atoms with Crippen LogP contribution in [0, 0.1) is 0 Å². The molecule has 33 heavy (non-hydrogen) atoms. The third-order valence-corrected chi connectivity index (χ3v) is 5.15. The van der Waals surface area contributed by atoms with Crippen molar-refractivity contribution in [2.24, 2.45) is 5.16 Å². The van der Waals surface area contributed by atoms with E-state index in [-0.39, 0.29) is 34.5 Å². The number of hydrogen-bond donors (Lipinski definition) is 4. The van der Waals surface area contributed by atoms with Crippen molar-refractivity contribution in [1.82, 2.24) is 15.8 Å². The largest absolute Gasteiger partial charge is 0.417 e. The number of urea groups is 1. The fraction of sp³-hybridized carbons (Fsp3) is 0.222. The molecular weight excluding hydrogens is 512 g/mol. The Bertz CT molecular complexity index is 1100. The van der Waals surface area contributed by atoms with E-state index in [1.807, 2.05) is 0 Å². The number of alkyl halides is 3. The van der Waals surface area contributed by atoms with Gasteiger partial charge in [-0.2, -0.15) is 13.2 Å². The van der Waals surface area contributed by atoms with Gasteiger partial charge in [0.15, 0.2) is 6.10 Å². The summed E-state index contributed by atoms with van der Waals surface area (Å²) in [6.07, 6.45) is -4.47. The maximum Gasteiger partial charge on any atom is 0.417 e. The predicted molar refractivity (Wildman–Crippen MR) is 116 cm³/mol. The molecule has 1 aliphatic heterocycles. The average Bonchev–Trinajstić information content (AvgIpc) is 3.22. The number of oxime groups is 1. The minimum absolute atomic E-state index is 0.0110. The fourth-order valence-electron chi connectivity index (χ4n) is 2.53. The number of carbonyl (C=O) groups is 2. The molecule has 3 rings (SSSR count). The third kappa shape index (κ3) is 6.76. The van der Waals surface area contributed by atoms with Crippen molar-refractivity contribution in [2.75, 3.05) is 17.2 Å². The molecule has 0 bridgehead atoms. The van der Waals surface area contributed by atoms with Gasteiger partial charge in [-0.3, -0.25) is 10.2 Å².